The van der Waals surface area contributed by atoms with Crippen LogP contribution in [0.25, 0.3) is 0 Å². The maximum Gasteiger partial charge on any atom is 0.303 e. The average molecular weight is 268 g/mol. The molecule has 1 saturated heterocycles. The van der Waals surface area contributed by atoms with Crippen molar-refractivity contribution in [2.75, 3.05) is 19.6 Å². The number of hydrogen-bond donors (Lipinski definition) is 2. The predicted octanol–water partition coefficient (Wildman–Crippen LogP) is 1.22. The number of piperidine rings is 1. The van der Waals surface area contributed by atoms with Gasteiger partial charge in [-0.1, -0.05) is 6.42 Å². The molecule has 0 spiro atoms. The van der Waals surface area contributed by atoms with E-state index in [1.165, 1.54) is 6.42 Å². The molecule has 0 radical (unpaired) electrons. The van der Waals surface area contributed by atoms with Crippen LogP contribution in [0.15, 0.2) is 0 Å². The van der Waals surface area contributed by atoms with Crippen molar-refractivity contribution in [1.82, 2.24) is 4.90 Å². The van der Waals surface area contributed by atoms with E-state index in [1.807, 2.05) is 4.90 Å². The highest BCUT2D eigenvalue weighted by Gasteiger charge is 2.39. The van der Waals surface area contributed by atoms with Crippen molar-refractivity contribution in [3.63, 3.8) is 0 Å². The lowest BCUT2D eigenvalue weighted by atomic mass is 9.66. The van der Waals surface area contributed by atoms with Crippen LogP contribution in [0.4, 0.5) is 0 Å². The Morgan fingerprint density at radius 2 is 1.89 bits per heavy atom. The molecule has 1 amide bonds. The van der Waals surface area contributed by atoms with E-state index in [4.69, 9.17) is 10.8 Å². The van der Waals surface area contributed by atoms with Gasteiger partial charge in [-0.3, -0.25) is 9.59 Å². The minimum Gasteiger partial charge on any atom is -0.481 e. The summed E-state index contributed by atoms with van der Waals surface area (Å²) < 4.78 is 0. The fraction of sp³-hybridized carbons (Fsp3) is 0.857. The summed E-state index contributed by atoms with van der Waals surface area (Å²) in [5.74, 6) is -0.297. The summed E-state index contributed by atoms with van der Waals surface area (Å²) in [6.07, 6.45) is 5.77. The van der Waals surface area contributed by atoms with E-state index in [-0.39, 0.29) is 23.7 Å². The molecule has 0 bridgehead atoms. The molecule has 1 aliphatic heterocycles. The molecule has 2 rings (SSSR count). The van der Waals surface area contributed by atoms with Crippen LogP contribution in [0.2, 0.25) is 0 Å². The van der Waals surface area contributed by atoms with Crippen LogP contribution in [0.3, 0.4) is 0 Å². The zero-order valence-electron chi connectivity index (χ0n) is 11.4. The maximum atomic E-state index is 12.2. The molecule has 0 unspecified atom stereocenters. The minimum absolute atomic E-state index is 0.0645. The van der Waals surface area contributed by atoms with Crippen molar-refractivity contribution in [3.8, 4) is 0 Å². The standard InChI is InChI=1S/C14H24N2O3/c15-10-14(4-1-5-14)9-12(17)16-6-2-11(3-7-16)8-13(18)19/h11H,1-10,15H2,(H,18,19). The van der Waals surface area contributed by atoms with E-state index >= 15 is 0 Å². The van der Waals surface area contributed by atoms with E-state index in [0.717, 1.165) is 25.7 Å². The quantitative estimate of drug-likeness (QED) is 0.785. The Hall–Kier alpha value is -1.10. The third-order valence-electron chi connectivity index (χ3n) is 4.80. The molecule has 1 saturated carbocycles. The van der Waals surface area contributed by atoms with Gasteiger partial charge in [0.15, 0.2) is 0 Å². The van der Waals surface area contributed by atoms with Gasteiger partial charge in [-0.05, 0) is 43.6 Å². The minimum atomic E-state index is -0.735. The number of rotatable bonds is 5. The fourth-order valence-electron chi connectivity index (χ4n) is 3.20. The zero-order valence-corrected chi connectivity index (χ0v) is 11.4. The molecule has 5 heteroatoms. The number of aliphatic carboxylic acids is 1. The van der Waals surface area contributed by atoms with E-state index in [2.05, 4.69) is 0 Å². The van der Waals surface area contributed by atoms with Gasteiger partial charge in [0.2, 0.25) is 5.91 Å². The molecule has 2 fully saturated rings. The van der Waals surface area contributed by atoms with Crippen LogP contribution in [0.1, 0.15) is 44.9 Å². The highest BCUT2D eigenvalue weighted by molar-refractivity contribution is 5.77. The molecule has 5 nitrogen and oxygen atoms in total. The molecular weight excluding hydrogens is 244 g/mol. The summed E-state index contributed by atoms with van der Waals surface area (Å²) in [5, 5.41) is 8.77. The fourth-order valence-corrected chi connectivity index (χ4v) is 3.20. The van der Waals surface area contributed by atoms with Gasteiger partial charge in [0, 0.05) is 25.9 Å². The second-order valence-electron chi connectivity index (χ2n) is 6.16. The molecule has 0 aromatic rings. The molecular formula is C14H24N2O3. The number of carboxylic acids is 1. The predicted molar refractivity (Wildman–Crippen MR) is 71.5 cm³/mol. The highest BCUT2D eigenvalue weighted by Crippen LogP contribution is 2.43. The van der Waals surface area contributed by atoms with Crippen LogP contribution >= 0.6 is 0 Å². The Bertz CT molecular complexity index is 339. The Balaban J connectivity index is 1.77. The molecule has 0 aromatic carbocycles. The lowest BCUT2D eigenvalue weighted by molar-refractivity contribution is -0.139. The van der Waals surface area contributed by atoms with E-state index in [1.54, 1.807) is 0 Å². The lowest BCUT2D eigenvalue weighted by Crippen LogP contribution is -2.45. The number of hydrogen-bond acceptors (Lipinski definition) is 3. The first kappa shape index (κ1) is 14.3. The van der Waals surface area contributed by atoms with Gasteiger partial charge < -0.3 is 15.7 Å². The van der Waals surface area contributed by atoms with Crippen LogP contribution in [-0.2, 0) is 9.59 Å². The maximum absolute atomic E-state index is 12.2. The van der Waals surface area contributed by atoms with Crippen molar-refractivity contribution >= 4 is 11.9 Å². The Morgan fingerprint density at radius 3 is 2.32 bits per heavy atom. The van der Waals surface area contributed by atoms with Gasteiger partial charge in [0.1, 0.15) is 0 Å². The molecule has 3 N–H and O–H groups in total. The summed E-state index contributed by atoms with van der Waals surface area (Å²) in [6.45, 7) is 2.02. The molecule has 2 aliphatic rings. The first-order valence-electron chi connectivity index (χ1n) is 7.24. The molecule has 1 aliphatic carbocycles. The molecule has 1 heterocycles. The van der Waals surface area contributed by atoms with E-state index < -0.39 is 5.97 Å². The highest BCUT2D eigenvalue weighted by atomic mass is 16.4. The van der Waals surface area contributed by atoms with Crippen LogP contribution in [-0.4, -0.2) is 41.5 Å². The third kappa shape index (κ3) is 3.47. The van der Waals surface area contributed by atoms with E-state index in [9.17, 15) is 9.59 Å². The summed E-state index contributed by atoms with van der Waals surface area (Å²) in [5.41, 5.74) is 5.85. The molecule has 0 atom stereocenters. The third-order valence-corrected chi connectivity index (χ3v) is 4.80. The topological polar surface area (TPSA) is 83.6 Å². The van der Waals surface area contributed by atoms with Crippen LogP contribution < -0.4 is 5.73 Å². The van der Waals surface area contributed by atoms with Gasteiger partial charge in [0.25, 0.3) is 0 Å². The lowest BCUT2D eigenvalue weighted by Gasteiger charge is -2.42. The van der Waals surface area contributed by atoms with Crippen molar-refractivity contribution in [1.29, 1.82) is 0 Å². The van der Waals surface area contributed by atoms with Gasteiger partial charge in [-0.25, -0.2) is 0 Å². The first-order chi connectivity index (χ1) is 9.04. The van der Waals surface area contributed by atoms with Crippen molar-refractivity contribution in [2.45, 2.75) is 44.9 Å². The summed E-state index contributed by atoms with van der Waals surface area (Å²) in [6, 6.07) is 0. The number of carbonyl (C=O) groups excluding carboxylic acids is 1. The molecule has 0 aromatic heterocycles. The summed E-state index contributed by atoms with van der Waals surface area (Å²) >= 11 is 0. The monoisotopic (exact) mass is 268 g/mol. The number of amides is 1. The van der Waals surface area contributed by atoms with Gasteiger partial charge in [0.05, 0.1) is 0 Å². The van der Waals surface area contributed by atoms with Crippen molar-refractivity contribution in [2.24, 2.45) is 17.1 Å². The number of nitrogens with zero attached hydrogens (tertiary/aromatic N) is 1. The van der Waals surface area contributed by atoms with Gasteiger partial charge >= 0.3 is 5.97 Å². The first-order valence-corrected chi connectivity index (χ1v) is 7.24. The SMILES string of the molecule is NCC1(CC(=O)N2CCC(CC(=O)O)CC2)CCC1. The zero-order chi connectivity index (χ0) is 13.9. The Kier molecular flexibility index (Phi) is 4.45. The number of carbonyl (C=O) groups is 2. The Morgan fingerprint density at radius 1 is 1.26 bits per heavy atom. The smallest absolute Gasteiger partial charge is 0.303 e. The number of nitrogens with two attached hydrogens (primary N) is 1. The second-order valence-corrected chi connectivity index (χ2v) is 6.16. The molecule has 108 valence electrons. The van der Waals surface area contributed by atoms with Crippen LogP contribution in [0, 0.1) is 11.3 Å². The number of carboxylic acid groups (broad SMARTS) is 1. The largest absolute Gasteiger partial charge is 0.481 e. The van der Waals surface area contributed by atoms with Crippen molar-refractivity contribution in [3.05, 3.63) is 0 Å². The van der Waals surface area contributed by atoms with E-state index in [0.29, 0.717) is 26.1 Å². The van der Waals surface area contributed by atoms with Crippen molar-refractivity contribution < 1.29 is 14.7 Å². The van der Waals surface area contributed by atoms with Crippen LogP contribution in [0.5, 0.6) is 0 Å². The normalized spacial score (nSPS) is 22.9. The Labute approximate surface area is 114 Å². The summed E-state index contributed by atoms with van der Waals surface area (Å²) in [7, 11) is 0. The van der Waals surface area contributed by atoms with Gasteiger partial charge in [-0.15, -0.1) is 0 Å². The number of likely N-dealkylation sites (tertiary alicyclic amines) is 1. The average Bonchev–Trinajstić information content (AvgIpc) is 2.34. The molecule has 19 heavy (non-hydrogen) atoms. The summed E-state index contributed by atoms with van der Waals surface area (Å²) in [4.78, 5) is 24.8. The van der Waals surface area contributed by atoms with Gasteiger partial charge in [-0.2, -0.15) is 0 Å². The second kappa shape index (κ2) is 5.90.